The number of aromatic nitrogens is 2. The summed E-state index contributed by atoms with van der Waals surface area (Å²) in [5, 5.41) is 7.56. The lowest BCUT2D eigenvalue weighted by Crippen LogP contribution is -2.35. The number of piperidine rings is 1. The van der Waals surface area contributed by atoms with Crippen molar-refractivity contribution in [3.8, 4) is 11.5 Å². The van der Waals surface area contributed by atoms with E-state index in [1.165, 1.54) is 5.56 Å². The molecule has 1 amide bonds. The van der Waals surface area contributed by atoms with Crippen LogP contribution in [0.2, 0.25) is 0 Å². The van der Waals surface area contributed by atoms with Crippen molar-refractivity contribution in [3.63, 3.8) is 0 Å². The van der Waals surface area contributed by atoms with Crippen LogP contribution in [-0.4, -0.2) is 33.7 Å². The minimum atomic E-state index is 0.136. The van der Waals surface area contributed by atoms with Crippen molar-refractivity contribution in [2.75, 3.05) is 18.4 Å². The number of hydrogen-bond donors (Lipinski definition) is 1. The van der Waals surface area contributed by atoms with Gasteiger partial charge in [0.15, 0.2) is 0 Å². The average Bonchev–Trinajstić information content (AvgIpc) is 3.55. The summed E-state index contributed by atoms with van der Waals surface area (Å²) in [6, 6.07) is 20.4. The Hall–Kier alpha value is -3.12. The van der Waals surface area contributed by atoms with Gasteiger partial charge in [-0.05, 0) is 55.5 Å². The van der Waals surface area contributed by atoms with E-state index in [4.69, 9.17) is 4.74 Å². The molecule has 1 aliphatic heterocycles. The van der Waals surface area contributed by atoms with Crippen molar-refractivity contribution < 1.29 is 9.53 Å². The second kappa shape index (κ2) is 8.94. The van der Waals surface area contributed by atoms with Crippen molar-refractivity contribution in [1.29, 1.82) is 0 Å². The molecule has 6 nitrogen and oxygen atoms in total. The molecule has 1 saturated carbocycles. The summed E-state index contributed by atoms with van der Waals surface area (Å²) in [4.78, 5) is 14.6. The molecule has 2 fully saturated rings. The molecule has 0 unspecified atom stereocenters. The fraction of sp³-hybridized carbons (Fsp3) is 0.360. The van der Waals surface area contributed by atoms with Crippen LogP contribution in [0.5, 0.6) is 11.5 Å². The zero-order valence-electron chi connectivity index (χ0n) is 17.6. The first-order valence-corrected chi connectivity index (χ1v) is 11.1. The predicted octanol–water partition coefficient (Wildman–Crippen LogP) is 4.86. The van der Waals surface area contributed by atoms with Gasteiger partial charge in [0, 0.05) is 31.6 Å². The number of nitrogens with zero attached hydrogens (tertiary/aromatic N) is 3. The lowest BCUT2D eigenvalue weighted by Gasteiger charge is -2.32. The number of nitrogens with one attached hydrogen (secondary N) is 1. The number of rotatable bonds is 7. The molecule has 2 heterocycles. The molecule has 160 valence electrons. The highest BCUT2D eigenvalue weighted by molar-refractivity contribution is 5.93. The molecule has 3 aromatic rings. The van der Waals surface area contributed by atoms with Crippen LogP contribution < -0.4 is 10.1 Å². The molecule has 0 radical (unpaired) electrons. The molecule has 2 aliphatic rings. The van der Waals surface area contributed by atoms with Crippen LogP contribution in [0.1, 0.15) is 37.3 Å². The Morgan fingerprint density at radius 2 is 1.74 bits per heavy atom. The summed E-state index contributed by atoms with van der Waals surface area (Å²) in [6.07, 6.45) is 5.85. The molecule has 1 N–H and O–H groups in total. The van der Waals surface area contributed by atoms with Crippen LogP contribution in [0.3, 0.4) is 0 Å². The quantitative estimate of drug-likeness (QED) is 0.597. The topological polar surface area (TPSA) is 59.4 Å². The van der Waals surface area contributed by atoms with Crippen molar-refractivity contribution in [3.05, 3.63) is 72.4 Å². The van der Waals surface area contributed by atoms with Crippen molar-refractivity contribution >= 4 is 11.7 Å². The van der Waals surface area contributed by atoms with Crippen LogP contribution in [0.15, 0.2) is 66.9 Å². The predicted molar refractivity (Wildman–Crippen MR) is 120 cm³/mol. The molecule has 0 spiro atoms. The van der Waals surface area contributed by atoms with Crippen LogP contribution in [0.4, 0.5) is 5.82 Å². The maximum absolute atomic E-state index is 12.1. The van der Waals surface area contributed by atoms with Gasteiger partial charge in [-0.1, -0.05) is 30.3 Å². The molecule has 1 saturated heterocycles. The molecular weight excluding hydrogens is 388 g/mol. The fourth-order valence-corrected chi connectivity index (χ4v) is 4.19. The van der Waals surface area contributed by atoms with Gasteiger partial charge in [-0.3, -0.25) is 9.69 Å². The van der Waals surface area contributed by atoms with Crippen LogP contribution >= 0.6 is 0 Å². The maximum Gasteiger partial charge on any atom is 0.228 e. The summed E-state index contributed by atoms with van der Waals surface area (Å²) in [7, 11) is 0. The van der Waals surface area contributed by atoms with Crippen molar-refractivity contribution in [1.82, 2.24) is 14.7 Å². The van der Waals surface area contributed by atoms with Crippen molar-refractivity contribution in [2.24, 2.45) is 5.92 Å². The maximum atomic E-state index is 12.1. The smallest absolute Gasteiger partial charge is 0.228 e. The van der Waals surface area contributed by atoms with Gasteiger partial charge in [0.25, 0.3) is 0 Å². The SMILES string of the molecule is O=C(Nc1ccnn1C1CCN(Cc2cccc(Oc3ccccc3)c2)CC1)C1CC1. The first kappa shape index (κ1) is 19.8. The van der Waals surface area contributed by atoms with E-state index >= 15 is 0 Å². The molecular formula is C25H28N4O2. The number of anilines is 1. The van der Waals surface area contributed by atoms with E-state index in [0.29, 0.717) is 6.04 Å². The van der Waals surface area contributed by atoms with Gasteiger partial charge in [-0.15, -0.1) is 0 Å². The van der Waals surface area contributed by atoms with Crippen LogP contribution in [0, 0.1) is 5.92 Å². The Labute approximate surface area is 182 Å². The van der Waals surface area contributed by atoms with E-state index in [-0.39, 0.29) is 11.8 Å². The second-order valence-corrected chi connectivity index (χ2v) is 8.49. The number of para-hydroxylation sites is 1. The number of ether oxygens (including phenoxy) is 1. The third-order valence-electron chi connectivity index (χ3n) is 6.06. The largest absolute Gasteiger partial charge is 0.457 e. The third-order valence-corrected chi connectivity index (χ3v) is 6.06. The first-order chi connectivity index (χ1) is 15.2. The number of benzene rings is 2. The molecule has 31 heavy (non-hydrogen) atoms. The van der Waals surface area contributed by atoms with Gasteiger partial charge in [0.05, 0.1) is 12.2 Å². The third kappa shape index (κ3) is 4.97. The molecule has 1 aliphatic carbocycles. The lowest BCUT2D eigenvalue weighted by molar-refractivity contribution is -0.117. The van der Waals surface area contributed by atoms with E-state index in [1.807, 2.05) is 47.1 Å². The van der Waals surface area contributed by atoms with Gasteiger partial charge in [-0.2, -0.15) is 5.10 Å². The Kier molecular flexibility index (Phi) is 5.71. The zero-order chi connectivity index (χ0) is 21.0. The number of hydrogen-bond acceptors (Lipinski definition) is 4. The monoisotopic (exact) mass is 416 g/mol. The highest BCUT2D eigenvalue weighted by atomic mass is 16.5. The van der Waals surface area contributed by atoms with Crippen LogP contribution in [0.25, 0.3) is 0 Å². The van der Waals surface area contributed by atoms with Gasteiger partial charge >= 0.3 is 0 Å². The number of carbonyl (C=O) groups excluding carboxylic acids is 1. The molecule has 6 heteroatoms. The normalized spacial score (nSPS) is 17.4. The number of likely N-dealkylation sites (tertiary alicyclic amines) is 1. The highest BCUT2D eigenvalue weighted by Crippen LogP contribution is 2.31. The lowest BCUT2D eigenvalue weighted by atomic mass is 10.0. The Bertz CT molecular complexity index is 1020. The number of amides is 1. The standard InChI is InChI=1S/C25H28N4O2/c30-25(20-9-10-20)27-24-11-14-26-29(24)21-12-15-28(16-13-21)18-19-5-4-8-23(17-19)31-22-6-2-1-3-7-22/h1-8,11,14,17,20-21H,9-10,12-13,15-16,18H2,(H,27,30). The number of carbonyl (C=O) groups is 1. The Balaban J connectivity index is 1.16. The van der Waals surface area contributed by atoms with E-state index in [2.05, 4.69) is 33.5 Å². The molecule has 0 atom stereocenters. The molecule has 5 rings (SSSR count). The molecule has 0 bridgehead atoms. The van der Waals surface area contributed by atoms with E-state index in [9.17, 15) is 4.79 Å². The molecule has 1 aromatic heterocycles. The second-order valence-electron chi connectivity index (χ2n) is 8.49. The summed E-state index contributed by atoms with van der Waals surface area (Å²) < 4.78 is 7.98. The van der Waals surface area contributed by atoms with Gasteiger partial charge in [-0.25, -0.2) is 4.68 Å². The van der Waals surface area contributed by atoms with Crippen LogP contribution in [-0.2, 0) is 11.3 Å². The fourth-order valence-electron chi connectivity index (χ4n) is 4.19. The Morgan fingerprint density at radius 1 is 0.968 bits per heavy atom. The minimum absolute atomic E-state index is 0.136. The summed E-state index contributed by atoms with van der Waals surface area (Å²) >= 11 is 0. The Morgan fingerprint density at radius 3 is 2.52 bits per heavy atom. The highest BCUT2D eigenvalue weighted by Gasteiger charge is 2.31. The molecule has 2 aromatic carbocycles. The van der Waals surface area contributed by atoms with Gasteiger partial charge < -0.3 is 10.1 Å². The zero-order valence-corrected chi connectivity index (χ0v) is 17.6. The average molecular weight is 417 g/mol. The minimum Gasteiger partial charge on any atom is -0.457 e. The summed E-state index contributed by atoms with van der Waals surface area (Å²) in [5.74, 6) is 2.89. The first-order valence-electron chi connectivity index (χ1n) is 11.1. The van der Waals surface area contributed by atoms with Gasteiger partial charge in [0.2, 0.25) is 5.91 Å². The van der Waals surface area contributed by atoms with Crippen molar-refractivity contribution in [2.45, 2.75) is 38.3 Å². The van der Waals surface area contributed by atoms with E-state index < -0.39 is 0 Å². The summed E-state index contributed by atoms with van der Waals surface area (Å²) in [6.45, 7) is 2.91. The van der Waals surface area contributed by atoms with E-state index in [0.717, 1.165) is 62.6 Å². The van der Waals surface area contributed by atoms with Gasteiger partial charge in [0.1, 0.15) is 17.3 Å². The van der Waals surface area contributed by atoms with E-state index in [1.54, 1.807) is 6.20 Å². The summed E-state index contributed by atoms with van der Waals surface area (Å²) in [5.41, 5.74) is 1.25.